The minimum absolute atomic E-state index is 0.00682. The number of para-hydroxylation sites is 1. The van der Waals surface area contributed by atoms with Gasteiger partial charge in [-0.1, -0.05) is 54.6 Å². The van der Waals surface area contributed by atoms with Gasteiger partial charge in [0.1, 0.15) is 17.6 Å². The molecular weight excluding hydrogens is 416 g/mol. The van der Waals surface area contributed by atoms with Gasteiger partial charge >= 0.3 is 0 Å². The number of hydrogen-bond acceptors (Lipinski definition) is 4. The number of aliphatic hydroxyl groups is 1. The Hall–Kier alpha value is -4.58. The van der Waals surface area contributed by atoms with Crippen molar-refractivity contribution in [2.75, 3.05) is 4.90 Å². The van der Waals surface area contributed by atoms with Crippen LogP contribution in [0.15, 0.2) is 101 Å². The van der Waals surface area contributed by atoms with Crippen LogP contribution in [0.4, 0.5) is 5.69 Å². The Morgan fingerprint density at radius 3 is 2.45 bits per heavy atom. The maximum absolute atomic E-state index is 13.4. The van der Waals surface area contributed by atoms with Gasteiger partial charge in [-0.15, -0.1) is 0 Å². The molecule has 1 saturated heterocycles. The maximum Gasteiger partial charge on any atom is 0.300 e. The van der Waals surface area contributed by atoms with E-state index < -0.39 is 17.7 Å². The first-order valence-electron chi connectivity index (χ1n) is 10.5. The van der Waals surface area contributed by atoms with E-state index in [1.54, 1.807) is 24.4 Å². The molecule has 1 amide bonds. The van der Waals surface area contributed by atoms with Crippen molar-refractivity contribution in [2.24, 2.45) is 0 Å². The van der Waals surface area contributed by atoms with Crippen LogP contribution in [0.25, 0.3) is 27.4 Å². The van der Waals surface area contributed by atoms with Crippen LogP contribution in [-0.2, 0) is 9.59 Å². The Kier molecular flexibility index (Phi) is 4.20. The van der Waals surface area contributed by atoms with Crippen LogP contribution in [0, 0.1) is 0 Å². The monoisotopic (exact) mass is 434 g/mol. The smallest absolute Gasteiger partial charge is 0.300 e. The van der Waals surface area contributed by atoms with Gasteiger partial charge in [-0.3, -0.25) is 14.5 Å². The molecule has 2 aromatic heterocycles. The summed E-state index contributed by atoms with van der Waals surface area (Å²) in [6.07, 6.45) is 3.13. The van der Waals surface area contributed by atoms with Crippen molar-refractivity contribution < 1.29 is 19.1 Å². The molecule has 0 spiro atoms. The zero-order chi connectivity index (χ0) is 22.5. The largest absolute Gasteiger partial charge is 0.507 e. The number of aromatic nitrogens is 1. The summed E-state index contributed by atoms with van der Waals surface area (Å²) < 4.78 is 5.66. The first-order chi connectivity index (χ1) is 16.1. The second kappa shape index (κ2) is 7.24. The molecule has 1 atom stereocenters. The minimum atomic E-state index is -0.903. The van der Waals surface area contributed by atoms with Gasteiger partial charge in [-0.25, -0.2) is 0 Å². The normalized spacial score (nSPS) is 17.9. The first kappa shape index (κ1) is 19.1. The molecule has 160 valence electrons. The fraction of sp³-hybridized carbons (Fsp3) is 0.0370. The van der Waals surface area contributed by atoms with Crippen LogP contribution in [0.2, 0.25) is 0 Å². The second-order valence-corrected chi connectivity index (χ2v) is 7.93. The van der Waals surface area contributed by atoms with E-state index in [-0.39, 0.29) is 11.3 Å². The summed E-state index contributed by atoms with van der Waals surface area (Å²) in [7, 11) is 0. The summed E-state index contributed by atoms with van der Waals surface area (Å²) in [4.78, 5) is 31.3. The van der Waals surface area contributed by atoms with Gasteiger partial charge in [0, 0.05) is 28.0 Å². The number of nitrogens with one attached hydrogen (secondary N) is 1. The van der Waals surface area contributed by atoms with Crippen molar-refractivity contribution in [1.82, 2.24) is 4.98 Å². The Morgan fingerprint density at radius 1 is 0.879 bits per heavy atom. The van der Waals surface area contributed by atoms with Crippen molar-refractivity contribution in [3.05, 3.63) is 108 Å². The number of anilines is 1. The number of furan rings is 1. The third-order valence-corrected chi connectivity index (χ3v) is 6.13. The number of benzene rings is 3. The molecule has 6 heteroatoms. The highest BCUT2D eigenvalue weighted by molar-refractivity contribution is 6.52. The SMILES string of the molecule is O=C1C(=O)N(c2cccc3ccccc23)C(c2ccco2)/C1=C(/O)c1c[nH]c2ccccc12. The summed E-state index contributed by atoms with van der Waals surface area (Å²) in [5.74, 6) is -1.32. The summed E-state index contributed by atoms with van der Waals surface area (Å²) in [5.41, 5.74) is 1.84. The molecule has 5 aromatic rings. The highest BCUT2D eigenvalue weighted by Gasteiger charge is 2.48. The molecule has 3 aromatic carbocycles. The second-order valence-electron chi connectivity index (χ2n) is 7.93. The van der Waals surface area contributed by atoms with E-state index in [9.17, 15) is 14.7 Å². The topological polar surface area (TPSA) is 86.5 Å². The molecule has 1 fully saturated rings. The Bertz CT molecular complexity index is 1570. The lowest BCUT2D eigenvalue weighted by molar-refractivity contribution is -0.132. The minimum Gasteiger partial charge on any atom is -0.507 e. The van der Waals surface area contributed by atoms with E-state index in [0.717, 1.165) is 21.7 Å². The summed E-state index contributed by atoms with van der Waals surface area (Å²) in [6, 6.07) is 23.2. The molecule has 6 rings (SSSR count). The number of carbonyl (C=O) groups excluding carboxylic acids is 2. The number of aliphatic hydroxyl groups excluding tert-OH is 1. The Morgan fingerprint density at radius 2 is 1.64 bits per heavy atom. The molecule has 1 aliphatic rings. The number of H-pyrrole nitrogens is 1. The van der Waals surface area contributed by atoms with E-state index in [0.29, 0.717) is 17.0 Å². The molecule has 1 unspecified atom stereocenters. The van der Waals surface area contributed by atoms with E-state index in [1.165, 1.54) is 11.2 Å². The van der Waals surface area contributed by atoms with Crippen LogP contribution in [0.1, 0.15) is 17.4 Å². The highest BCUT2D eigenvalue weighted by Crippen LogP contribution is 2.44. The lowest BCUT2D eigenvalue weighted by Crippen LogP contribution is -2.29. The van der Waals surface area contributed by atoms with E-state index in [2.05, 4.69) is 4.98 Å². The van der Waals surface area contributed by atoms with Crippen LogP contribution in [0.3, 0.4) is 0 Å². The standard InChI is InChI=1S/C27H18N2O4/c30-25(19-15-28-20-11-4-3-10-18(19)20)23-24(22-13-6-14-33-22)29(27(32)26(23)31)21-12-5-8-16-7-1-2-9-17(16)21/h1-15,24,28,30H/b25-23-. The number of amides is 1. The summed E-state index contributed by atoms with van der Waals surface area (Å²) in [5, 5.41) is 13.9. The van der Waals surface area contributed by atoms with E-state index in [1.807, 2.05) is 60.7 Å². The maximum atomic E-state index is 13.4. The molecule has 0 saturated carbocycles. The zero-order valence-electron chi connectivity index (χ0n) is 17.4. The first-order valence-corrected chi connectivity index (χ1v) is 10.5. The average molecular weight is 434 g/mol. The van der Waals surface area contributed by atoms with Crippen molar-refractivity contribution in [1.29, 1.82) is 0 Å². The average Bonchev–Trinajstić information content (AvgIpc) is 3.58. The lowest BCUT2D eigenvalue weighted by atomic mass is 9.98. The molecule has 3 heterocycles. The molecule has 1 aliphatic heterocycles. The lowest BCUT2D eigenvalue weighted by Gasteiger charge is -2.24. The number of fused-ring (bicyclic) bond motifs is 2. The van der Waals surface area contributed by atoms with Gasteiger partial charge in [0.25, 0.3) is 11.7 Å². The molecule has 0 aliphatic carbocycles. The van der Waals surface area contributed by atoms with Gasteiger partial charge < -0.3 is 14.5 Å². The summed E-state index contributed by atoms with van der Waals surface area (Å²) in [6.45, 7) is 0. The molecule has 33 heavy (non-hydrogen) atoms. The third-order valence-electron chi connectivity index (χ3n) is 6.13. The predicted octanol–water partition coefficient (Wildman–Crippen LogP) is 5.54. The van der Waals surface area contributed by atoms with Crippen molar-refractivity contribution in [2.45, 2.75) is 6.04 Å². The number of rotatable bonds is 3. The number of ketones is 1. The van der Waals surface area contributed by atoms with Crippen molar-refractivity contribution >= 4 is 44.8 Å². The number of aromatic amines is 1. The predicted molar refractivity (Wildman–Crippen MR) is 126 cm³/mol. The molecule has 0 bridgehead atoms. The number of nitrogens with zero attached hydrogens (tertiary/aromatic N) is 1. The van der Waals surface area contributed by atoms with Crippen molar-refractivity contribution in [3.63, 3.8) is 0 Å². The Labute approximate surface area is 188 Å². The highest BCUT2D eigenvalue weighted by atomic mass is 16.3. The molecule has 6 nitrogen and oxygen atoms in total. The molecule has 0 radical (unpaired) electrons. The van der Waals surface area contributed by atoms with Crippen LogP contribution >= 0.6 is 0 Å². The van der Waals surface area contributed by atoms with Gasteiger partial charge in [0.2, 0.25) is 0 Å². The van der Waals surface area contributed by atoms with Gasteiger partial charge in [-0.2, -0.15) is 0 Å². The Balaban J connectivity index is 1.62. The van der Waals surface area contributed by atoms with Crippen LogP contribution in [-0.4, -0.2) is 21.8 Å². The van der Waals surface area contributed by atoms with Gasteiger partial charge in [0.05, 0.1) is 17.5 Å². The van der Waals surface area contributed by atoms with E-state index in [4.69, 9.17) is 4.42 Å². The molecular formula is C27H18N2O4. The number of carbonyl (C=O) groups is 2. The van der Waals surface area contributed by atoms with E-state index >= 15 is 0 Å². The van der Waals surface area contributed by atoms with Crippen molar-refractivity contribution in [3.8, 4) is 0 Å². The number of Topliss-reactive ketones (excluding diaryl/α,β-unsaturated/α-hetero) is 1. The van der Waals surface area contributed by atoms with Crippen LogP contribution in [0.5, 0.6) is 0 Å². The third kappa shape index (κ3) is 2.81. The fourth-order valence-electron chi connectivity index (χ4n) is 4.63. The summed E-state index contributed by atoms with van der Waals surface area (Å²) >= 11 is 0. The van der Waals surface area contributed by atoms with Gasteiger partial charge in [-0.05, 0) is 29.7 Å². The zero-order valence-corrected chi connectivity index (χ0v) is 17.4. The van der Waals surface area contributed by atoms with Gasteiger partial charge in [0.15, 0.2) is 0 Å². The fourth-order valence-corrected chi connectivity index (χ4v) is 4.63. The van der Waals surface area contributed by atoms with Crippen LogP contribution < -0.4 is 4.90 Å². The number of hydrogen-bond donors (Lipinski definition) is 2. The molecule has 2 N–H and O–H groups in total. The quantitative estimate of drug-likeness (QED) is 0.222.